The van der Waals surface area contributed by atoms with Gasteiger partial charge in [0, 0.05) is 12.2 Å². The number of halogens is 2. The molecular formula is C11H14Cl2N2O. The first-order chi connectivity index (χ1) is 7.54. The van der Waals surface area contributed by atoms with Crippen molar-refractivity contribution in [1.82, 2.24) is 10.3 Å². The Kier molecular flexibility index (Phi) is 5.03. The Morgan fingerprint density at radius 1 is 1.56 bits per heavy atom. The average Bonchev–Trinajstić information content (AvgIpc) is 2.22. The predicted molar refractivity (Wildman–Crippen MR) is 66.1 cm³/mol. The van der Waals surface area contributed by atoms with Gasteiger partial charge >= 0.3 is 0 Å². The lowest BCUT2D eigenvalue weighted by atomic mass is 10.2. The lowest BCUT2D eigenvalue weighted by molar-refractivity contribution is 0.0938. The number of aromatic nitrogens is 1. The Hall–Kier alpha value is -0.800. The topological polar surface area (TPSA) is 42.0 Å². The van der Waals surface area contributed by atoms with Gasteiger partial charge in [0.2, 0.25) is 0 Å². The van der Waals surface area contributed by atoms with Gasteiger partial charge in [-0.2, -0.15) is 0 Å². The Bertz CT molecular complexity index is 382. The van der Waals surface area contributed by atoms with E-state index in [2.05, 4.69) is 17.2 Å². The molecule has 0 saturated carbocycles. The number of rotatable bonds is 4. The van der Waals surface area contributed by atoms with Crippen LogP contribution in [0.4, 0.5) is 0 Å². The normalized spacial score (nSPS) is 12.2. The third kappa shape index (κ3) is 3.65. The van der Waals surface area contributed by atoms with E-state index >= 15 is 0 Å². The molecule has 3 nitrogen and oxygen atoms in total. The fraction of sp³-hybridized carbons (Fsp3) is 0.455. The van der Waals surface area contributed by atoms with Gasteiger partial charge in [-0.05, 0) is 19.4 Å². The summed E-state index contributed by atoms with van der Waals surface area (Å²) in [5, 5.41) is 3.36. The van der Waals surface area contributed by atoms with Crippen LogP contribution >= 0.6 is 23.2 Å². The molecule has 16 heavy (non-hydrogen) atoms. The predicted octanol–water partition coefficient (Wildman–Crippen LogP) is 3.31. The lowest BCUT2D eigenvalue weighted by Crippen LogP contribution is -2.32. The summed E-state index contributed by atoms with van der Waals surface area (Å²) in [4.78, 5) is 15.6. The molecule has 1 atom stereocenters. The van der Waals surface area contributed by atoms with E-state index in [1.54, 1.807) is 0 Å². The molecule has 0 saturated heterocycles. The van der Waals surface area contributed by atoms with Gasteiger partial charge < -0.3 is 5.32 Å². The highest BCUT2D eigenvalue weighted by Gasteiger charge is 2.11. The van der Waals surface area contributed by atoms with Crippen LogP contribution in [-0.2, 0) is 0 Å². The van der Waals surface area contributed by atoms with Crippen molar-refractivity contribution in [2.45, 2.75) is 32.7 Å². The van der Waals surface area contributed by atoms with Gasteiger partial charge in [0.1, 0.15) is 5.15 Å². The molecule has 0 aliphatic heterocycles. The van der Waals surface area contributed by atoms with Gasteiger partial charge in [-0.15, -0.1) is 0 Å². The number of amides is 1. The van der Waals surface area contributed by atoms with Crippen LogP contribution in [0, 0.1) is 0 Å². The maximum atomic E-state index is 11.7. The van der Waals surface area contributed by atoms with E-state index in [4.69, 9.17) is 23.2 Å². The molecule has 1 heterocycles. The number of hydrogen-bond acceptors (Lipinski definition) is 2. The maximum absolute atomic E-state index is 11.7. The zero-order valence-electron chi connectivity index (χ0n) is 9.26. The number of pyridine rings is 1. The van der Waals surface area contributed by atoms with Crippen LogP contribution in [0.15, 0.2) is 12.3 Å². The minimum atomic E-state index is -0.174. The largest absolute Gasteiger partial charge is 0.350 e. The quantitative estimate of drug-likeness (QED) is 0.845. The first-order valence-corrected chi connectivity index (χ1v) is 5.92. The van der Waals surface area contributed by atoms with E-state index in [9.17, 15) is 4.79 Å². The zero-order chi connectivity index (χ0) is 12.1. The number of hydrogen-bond donors (Lipinski definition) is 1. The van der Waals surface area contributed by atoms with Gasteiger partial charge in [-0.1, -0.05) is 36.5 Å². The number of nitrogens with zero attached hydrogens (tertiary/aromatic N) is 1. The van der Waals surface area contributed by atoms with E-state index in [-0.39, 0.29) is 22.1 Å². The Morgan fingerprint density at radius 2 is 2.25 bits per heavy atom. The van der Waals surface area contributed by atoms with Gasteiger partial charge in [0.05, 0.1) is 10.6 Å². The highest BCUT2D eigenvalue weighted by atomic mass is 35.5. The van der Waals surface area contributed by atoms with E-state index < -0.39 is 0 Å². The van der Waals surface area contributed by atoms with Gasteiger partial charge in [-0.25, -0.2) is 4.98 Å². The highest BCUT2D eigenvalue weighted by Crippen LogP contribution is 2.19. The van der Waals surface area contributed by atoms with Crippen molar-refractivity contribution in [3.63, 3.8) is 0 Å². The van der Waals surface area contributed by atoms with Crippen molar-refractivity contribution in [3.8, 4) is 0 Å². The molecule has 0 aliphatic rings. The SMILES string of the molecule is CCCC(C)NC(=O)c1cnc(Cl)c(Cl)c1. The molecule has 1 unspecified atom stereocenters. The molecule has 0 fully saturated rings. The standard InChI is InChI=1S/C11H14Cl2N2O/c1-3-4-7(2)15-11(16)8-5-9(12)10(13)14-6-8/h5-7H,3-4H2,1-2H3,(H,15,16). The summed E-state index contributed by atoms with van der Waals surface area (Å²) < 4.78 is 0. The Labute approximate surface area is 105 Å². The highest BCUT2D eigenvalue weighted by molar-refractivity contribution is 6.41. The van der Waals surface area contributed by atoms with E-state index in [0.29, 0.717) is 5.56 Å². The van der Waals surface area contributed by atoms with Crippen LogP contribution < -0.4 is 5.32 Å². The van der Waals surface area contributed by atoms with Crippen molar-refractivity contribution < 1.29 is 4.79 Å². The van der Waals surface area contributed by atoms with Gasteiger partial charge in [0.15, 0.2) is 0 Å². The molecule has 1 rings (SSSR count). The third-order valence-electron chi connectivity index (χ3n) is 2.16. The smallest absolute Gasteiger partial charge is 0.253 e. The summed E-state index contributed by atoms with van der Waals surface area (Å²) in [6, 6.07) is 1.66. The number of carbonyl (C=O) groups excluding carboxylic acids is 1. The zero-order valence-corrected chi connectivity index (χ0v) is 10.8. The van der Waals surface area contributed by atoms with Crippen LogP contribution in [0.5, 0.6) is 0 Å². The maximum Gasteiger partial charge on any atom is 0.253 e. The second-order valence-corrected chi connectivity index (χ2v) is 4.43. The van der Waals surface area contributed by atoms with Crippen molar-refractivity contribution in [3.05, 3.63) is 28.0 Å². The lowest BCUT2D eigenvalue weighted by Gasteiger charge is -2.12. The molecule has 1 N–H and O–H groups in total. The molecular weight excluding hydrogens is 247 g/mol. The first kappa shape index (κ1) is 13.3. The van der Waals surface area contributed by atoms with Crippen molar-refractivity contribution in [2.24, 2.45) is 0 Å². The second-order valence-electron chi connectivity index (χ2n) is 3.66. The van der Waals surface area contributed by atoms with E-state index in [0.717, 1.165) is 12.8 Å². The molecule has 5 heteroatoms. The van der Waals surface area contributed by atoms with Crippen molar-refractivity contribution in [1.29, 1.82) is 0 Å². The number of carbonyl (C=O) groups is 1. The molecule has 0 spiro atoms. The van der Waals surface area contributed by atoms with Crippen LogP contribution in [0.2, 0.25) is 10.2 Å². The van der Waals surface area contributed by atoms with Crippen LogP contribution in [0.1, 0.15) is 37.0 Å². The minimum Gasteiger partial charge on any atom is -0.350 e. The molecule has 1 aromatic heterocycles. The molecule has 0 aromatic carbocycles. The third-order valence-corrected chi connectivity index (χ3v) is 2.84. The fourth-order valence-corrected chi connectivity index (χ4v) is 1.63. The molecule has 1 aromatic rings. The summed E-state index contributed by atoms with van der Waals surface area (Å²) >= 11 is 11.4. The van der Waals surface area contributed by atoms with Crippen LogP contribution in [-0.4, -0.2) is 16.9 Å². The molecule has 1 amide bonds. The second kappa shape index (κ2) is 6.06. The monoisotopic (exact) mass is 260 g/mol. The van der Waals surface area contributed by atoms with Crippen LogP contribution in [0.3, 0.4) is 0 Å². The summed E-state index contributed by atoms with van der Waals surface area (Å²) in [7, 11) is 0. The van der Waals surface area contributed by atoms with Gasteiger partial charge in [0.25, 0.3) is 5.91 Å². The fourth-order valence-electron chi connectivity index (χ4n) is 1.36. The first-order valence-electron chi connectivity index (χ1n) is 5.16. The van der Waals surface area contributed by atoms with E-state index in [1.165, 1.54) is 12.3 Å². The summed E-state index contributed by atoms with van der Waals surface area (Å²) in [6.07, 6.45) is 3.39. The summed E-state index contributed by atoms with van der Waals surface area (Å²) in [5.41, 5.74) is 0.428. The molecule has 0 radical (unpaired) electrons. The summed E-state index contributed by atoms with van der Waals surface area (Å²) in [6.45, 7) is 4.04. The summed E-state index contributed by atoms with van der Waals surface area (Å²) in [5.74, 6) is -0.174. The number of nitrogens with one attached hydrogen (secondary N) is 1. The van der Waals surface area contributed by atoms with E-state index in [1.807, 2.05) is 6.92 Å². The average molecular weight is 261 g/mol. The van der Waals surface area contributed by atoms with Crippen molar-refractivity contribution >= 4 is 29.1 Å². The minimum absolute atomic E-state index is 0.145. The Morgan fingerprint density at radius 3 is 2.81 bits per heavy atom. The molecule has 0 bridgehead atoms. The Balaban J connectivity index is 2.69. The van der Waals surface area contributed by atoms with Gasteiger partial charge in [-0.3, -0.25) is 4.79 Å². The van der Waals surface area contributed by atoms with Crippen LogP contribution in [0.25, 0.3) is 0 Å². The molecule has 0 aliphatic carbocycles. The molecule has 88 valence electrons. The van der Waals surface area contributed by atoms with Crippen molar-refractivity contribution in [2.75, 3.05) is 0 Å².